The van der Waals surface area contributed by atoms with Gasteiger partial charge in [0.2, 0.25) is 15.9 Å². The number of nitrogens with zero attached hydrogens (tertiary/aromatic N) is 3. The molecular formula is C23H28N4O4S2. The Kier molecular flexibility index (Phi) is 7.93. The van der Waals surface area contributed by atoms with E-state index < -0.39 is 10.0 Å². The smallest absolute Gasteiger partial charge is 0.262 e. The number of sulfonamides is 1. The first-order valence-electron chi connectivity index (χ1n) is 10.6. The molecule has 0 aliphatic carbocycles. The number of nitrogens with one attached hydrogen (secondary N) is 1. The van der Waals surface area contributed by atoms with Gasteiger partial charge in [0.05, 0.1) is 21.6 Å². The van der Waals surface area contributed by atoms with Crippen LogP contribution in [0.15, 0.2) is 57.3 Å². The summed E-state index contributed by atoms with van der Waals surface area (Å²) in [4.78, 5) is 30.3. The van der Waals surface area contributed by atoms with Gasteiger partial charge in [-0.3, -0.25) is 14.2 Å². The Morgan fingerprint density at radius 1 is 1.18 bits per heavy atom. The Morgan fingerprint density at radius 2 is 1.91 bits per heavy atom. The summed E-state index contributed by atoms with van der Waals surface area (Å²) < 4.78 is 27.8. The largest absolute Gasteiger partial charge is 0.325 e. The SMILES string of the molecule is CCCCn1c(SCC(=O)Nc2ccc(C)c(S(=O)(=O)N(C)C)c2)nc2ccccc2c1=O. The summed E-state index contributed by atoms with van der Waals surface area (Å²) in [6.07, 6.45) is 1.75. The van der Waals surface area contributed by atoms with Crippen LogP contribution in [0.3, 0.4) is 0 Å². The molecule has 2 aromatic carbocycles. The highest BCUT2D eigenvalue weighted by atomic mass is 32.2. The van der Waals surface area contributed by atoms with Gasteiger partial charge >= 0.3 is 0 Å². The van der Waals surface area contributed by atoms with Crippen molar-refractivity contribution in [1.82, 2.24) is 13.9 Å². The molecule has 0 aliphatic heterocycles. The first kappa shape index (κ1) is 24.9. The average Bonchev–Trinajstić information content (AvgIpc) is 2.78. The van der Waals surface area contributed by atoms with E-state index in [1.807, 2.05) is 19.1 Å². The van der Waals surface area contributed by atoms with Gasteiger partial charge in [0.15, 0.2) is 5.16 Å². The Labute approximate surface area is 198 Å². The van der Waals surface area contributed by atoms with Gasteiger partial charge in [0, 0.05) is 26.3 Å². The van der Waals surface area contributed by atoms with Crippen molar-refractivity contribution < 1.29 is 13.2 Å². The molecule has 8 nitrogen and oxygen atoms in total. The van der Waals surface area contributed by atoms with Crippen LogP contribution in [0.5, 0.6) is 0 Å². The van der Waals surface area contributed by atoms with Gasteiger partial charge in [-0.2, -0.15) is 0 Å². The molecule has 1 N–H and O–H groups in total. The van der Waals surface area contributed by atoms with Crippen LogP contribution in [0, 0.1) is 6.92 Å². The Morgan fingerprint density at radius 3 is 2.61 bits per heavy atom. The van der Waals surface area contributed by atoms with E-state index in [1.165, 1.54) is 31.9 Å². The molecular weight excluding hydrogens is 460 g/mol. The molecule has 176 valence electrons. The van der Waals surface area contributed by atoms with E-state index in [4.69, 9.17) is 0 Å². The highest BCUT2D eigenvalue weighted by molar-refractivity contribution is 7.99. The van der Waals surface area contributed by atoms with Crippen molar-refractivity contribution in [3.63, 3.8) is 0 Å². The van der Waals surface area contributed by atoms with Crippen molar-refractivity contribution in [3.8, 4) is 0 Å². The molecule has 0 bridgehead atoms. The summed E-state index contributed by atoms with van der Waals surface area (Å²) in [6.45, 7) is 4.28. The Balaban J connectivity index is 1.81. The molecule has 0 aliphatic rings. The zero-order valence-corrected chi connectivity index (χ0v) is 20.8. The number of benzene rings is 2. The number of carbonyl (C=O) groups excluding carboxylic acids is 1. The van der Waals surface area contributed by atoms with Crippen LogP contribution in [-0.4, -0.2) is 48.0 Å². The lowest BCUT2D eigenvalue weighted by atomic mass is 10.2. The summed E-state index contributed by atoms with van der Waals surface area (Å²) in [6, 6.07) is 11.9. The number of unbranched alkanes of at least 4 members (excludes halogenated alkanes) is 1. The molecule has 0 saturated heterocycles. The van der Waals surface area contributed by atoms with Crippen molar-refractivity contribution in [2.24, 2.45) is 0 Å². The highest BCUT2D eigenvalue weighted by Gasteiger charge is 2.20. The predicted octanol–water partition coefficient (Wildman–Crippen LogP) is 3.49. The number of carbonyl (C=O) groups is 1. The molecule has 1 amide bonds. The number of aromatic nitrogens is 2. The number of thioether (sulfide) groups is 1. The lowest BCUT2D eigenvalue weighted by Crippen LogP contribution is -2.24. The molecule has 0 unspecified atom stereocenters. The average molecular weight is 489 g/mol. The van der Waals surface area contributed by atoms with Crippen LogP contribution in [0.2, 0.25) is 0 Å². The second-order valence-corrected chi connectivity index (χ2v) is 10.9. The van der Waals surface area contributed by atoms with E-state index in [2.05, 4.69) is 10.3 Å². The third-order valence-corrected chi connectivity index (χ3v) is 8.06. The van der Waals surface area contributed by atoms with Gasteiger partial charge in [-0.15, -0.1) is 0 Å². The molecule has 10 heteroatoms. The van der Waals surface area contributed by atoms with Crippen LogP contribution in [0.1, 0.15) is 25.3 Å². The van der Waals surface area contributed by atoms with Gasteiger partial charge in [0.25, 0.3) is 5.56 Å². The Hall–Kier alpha value is -2.69. The van der Waals surface area contributed by atoms with Gasteiger partial charge in [-0.1, -0.05) is 43.3 Å². The van der Waals surface area contributed by atoms with E-state index in [1.54, 1.807) is 35.8 Å². The zero-order chi connectivity index (χ0) is 24.2. The minimum absolute atomic E-state index is 0.0283. The normalized spacial score (nSPS) is 11.8. The van der Waals surface area contributed by atoms with E-state index >= 15 is 0 Å². The second kappa shape index (κ2) is 10.5. The molecule has 0 fully saturated rings. The lowest BCUT2D eigenvalue weighted by Gasteiger charge is -2.15. The van der Waals surface area contributed by atoms with Gasteiger partial charge in [-0.05, 0) is 43.2 Å². The third kappa shape index (κ3) is 5.63. The van der Waals surface area contributed by atoms with E-state index in [9.17, 15) is 18.0 Å². The van der Waals surface area contributed by atoms with Crippen molar-refractivity contribution in [2.75, 3.05) is 25.2 Å². The van der Waals surface area contributed by atoms with Crippen LogP contribution < -0.4 is 10.9 Å². The minimum atomic E-state index is -3.63. The van der Waals surface area contributed by atoms with Crippen LogP contribution in [0.4, 0.5) is 5.69 Å². The van der Waals surface area contributed by atoms with Crippen LogP contribution in [0.25, 0.3) is 10.9 Å². The summed E-state index contributed by atoms with van der Waals surface area (Å²) in [5.74, 6) is -0.290. The number of fused-ring (bicyclic) bond motifs is 1. The fraction of sp³-hybridized carbons (Fsp3) is 0.348. The number of hydrogen-bond donors (Lipinski definition) is 1. The van der Waals surface area contributed by atoms with E-state index in [-0.39, 0.29) is 22.1 Å². The van der Waals surface area contributed by atoms with Crippen LogP contribution in [-0.2, 0) is 21.4 Å². The van der Waals surface area contributed by atoms with E-state index in [0.717, 1.165) is 17.1 Å². The second-order valence-electron chi connectivity index (χ2n) is 7.83. The molecule has 0 atom stereocenters. The minimum Gasteiger partial charge on any atom is -0.325 e. The lowest BCUT2D eigenvalue weighted by molar-refractivity contribution is -0.113. The topological polar surface area (TPSA) is 101 Å². The molecule has 0 spiro atoms. The van der Waals surface area contributed by atoms with Crippen molar-refractivity contribution in [1.29, 1.82) is 0 Å². The monoisotopic (exact) mass is 488 g/mol. The van der Waals surface area contributed by atoms with E-state index in [0.29, 0.717) is 33.9 Å². The maximum absolute atomic E-state index is 13.0. The number of amides is 1. The number of anilines is 1. The molecule has 0 saturated carbocycles. The molecule has 1 heterocycles. The summed E-state index contributed by atoms with van der Waals surface area (Å²) in [7, 11) is -0.705. The molecule has 0 radical (unpaired) electrons. The molecule has 3 aromatic rings. The molecule has 3 rings (SSSR count). The van der Waals surface area contributed by atoms with Crippen molar-refractivity contribution >= 4 is 44.3 Å². The third-order valence-electron chi connectivity index (χ3n) is 5.12. The number of aryl methyl sites for hydroxylation is 1. The molecule has 1 aromatic heterocycles. The highest BCUT2D eigenvalue weighted by Crippen LogP contribution is 2.23. The number of rotatable bonds is 9. The number of para-hydroxylation sites is 1. The Bertz CT molecular complexity index is 1330. The summed E-state index contributed by atoms with van der Waals surface area (Å²) >= 11 is 1.18. The fourth-order valence-electron chi connectivity index (χ4n) is 3.25. The number of hydrogen-bond acceptors (Lipinski definition) is 6. The van der Waals surface area contributed by atoms with Gasteiger partial charge < -0.3 is 5.32 Å². The predicted molar refractivity (Wildman–Crippen MR) is 132 cm³/mol. The quantitative estimate of drug-likeness (QED) is 0.366. The summed E-state index contributed by atoms with van der Waals surface area (Å²) in [5, 5.41) is 3.79. The fourth-order valence-corrected chi connectivity index (χ4v) is 5.22. The van der Waals surface area contributed by atoms with Crippen molar-refractivity contribution in [2.45, 2.75) is 43.3 Å². The van der Waals surface area contributed by atoms with Crippen molar-refractivity contribution in [3.05, 3.63) is 58.4 Å². The first-order chi connectivity index (χ1) is 15.6. The zero-order valence-electron chi connectivity index (χ0n) is 19.2. The standard InChI is InChI=1S/C23H28N4O4S2/c1-5-6-13-27-22(29)18-9-7-8-10-19(18)25-23(27)32-15-21(28)24-17-12-11-16(2)20(14-17)33(30,31)26(3)4/h7-12,14H,5-6,13,15H2,1-4H3,(H,24,28). The summed E-state index contributed by atoms with van der Waals surface area (Å²) in [5.41, 5.74) is 1.46. The molecule has 33 heavy (non-hydrogen) atoms. The van der Waals surface area contributed by atoms with Crippen LogP contribution >= 0.6 is 11.8 Å². The first-order valence-corrected chi connectivity index (χ1v) is 13.0. The van der Waals surface area contributed by atoms with Gasteiger partial charge in [-0.25, -0.2) is 17.7 Å². The van der Waals surface area contributed by atoms with Gasteiger partial charge in [0.1, 0.15) is 0 Å². The maximum Gasteiger partial charge on any atom is 0.262 e. The maximum atomic E-state index is 13.0.